The van der Waals surface area contributed by atoms with Crippen LogP contribution in [-0.2, 0) is 9.84 Å². The lowest BCUT2D eigenvalue weighted by Gasteiger charge is -2.10. The number of non-ortho nitro benzene ring substituents is 1. The van der Waals surface area contributed by atoms with Gasteiger partial charge in [-0.25, -0.2) is 8.42 Å². The van der Waals surface area contributed by atoms with Crippen LogP contribution in [0.3, 0.4) is 0 Å². The molecule has 0 saturated carbocycles. The third-order valence-electron chi connectivity index (χ3n) is 3.49. The Balaban J connectivity index is 2.19. The molecule has 106 valence electrons. The number of nitrogens with zero attached hydrogens (tertiary/aromatic N) is 2. The summed E-state index contributed by atoms with van der Waals surface area (Å²) in [5.74, 6) is 0.151. The third-order valence-corrected chi connectivity index (χ3v) is 5.53. The second-order valence-corrected chi connectivity index (χ2v) is 7.43. The average Bonchev–Trinajstić information content (AvgIpc) is 2.86. The minimum absolute atomic E-state index is 0.0248. The molecule has 0 amide bonds. The molecule has 1 aromatic carbocycles. The number of hydrogen-bond donors (Lipinski definition) is 1. The van der Waals surface area contributed by atoms with Crippen molar-refractivity contribution in [1.82, 2.24) is 9.55 Å². The maximum atomic E-state index is 11.6. The fourth-order valence-electron chi connectivity index (χ4n) is 2.56. The standard InChI is InChI=1S/C11H11N3O4S2/c15-14(16)7-1-2-9-10(5-7)13(11(19)12-9)8-3-4-20(17,18)6-8/h1-2,5,8H,3-4,6H2,(H,12,19)/t8-/m0/s1. The van der Waals surface area contributed by atoms with Gasteiger partial charge in [0.2, 0.25) is 0 Å². The van der Waals surface area contributed by atoms with E-state index < -0.39 is 14.8 Å². The number of sulfone groups is 1. The molecule has 2 aromatic rings. The van der Waals surface area contributed by atoms with Crippen molar-refractivity contribution in [1.29, 1.82) is 0 Å². The van der Waals surface area contributed by atoms with Crippen LogP contribution >= 0.6 is 12.2 Å². The number of nitrogens with one attached hydrogen (secondary N) is 1. The van der Waals surface area contributed by atoms with Crippen LogP contribution in [0.5, 0.6) is 0 Å². The average molecular weight is 313 g/mol. The van der Waals surface area contributed by atoms with Crippen molar-refractivity contribution in [2.75, 3.05) is 11.5 Å². The highest BCUT2D eigenvalue weighted by atomic mass is 32.2. The summed E-state index contributed by atoms with van der Waals surface area (Å²) in [6.07, 6.45) is 0.478. The number of imidazole rings is 1. The lowest BCUT2D eigenvalue weighted by molar-refractivity contribution is -0.384. The summed E-state index contributed by atoms with van der Waals surface area (Å²) in [6.45, 7) is 0. The Labute approximate surface area is 119 Å². The number of rotatable bonds is 2. The molecule has 3 rings (SSSR count). The maximum absolute atomic E-state index is 11.6. The first-order valence-corrected chi connectivity index (χ1v) is 8.19. The molecule has 7 nitrogen and oxygen atoms in total. The molecule has 0 radical (unpaired) electrons. The Morgan fingerprint density at radius 1 is 1.45 bits per heavy atom. The molecule has 1 atom stereocenters. The maximum Gasteiger partial charge on any atom is 0.271 e. The van der Waals surface area contributed by atoms with Crippen molar-refractivity contribution < 1.29 is 13.3 Å². The summed E-state index contributed by atoms with van der Waals surface area (Å²) in [5, 5.41) is 10.9. The van der Waals surface area contributed by atoms with E-state index in [4.69, 9.17) is 12.2 Å². The fraction of sp³-hybridized carbons (Fsp3) is 0.364. The zero-order valence-corrected chi connectivity index (χ0v) is 11.9. The van der Waals surface area contributed by atoms with Gasteiger partial charge in [0.25, 0.3) is 5.69 Å². The molecule has 1 fully saturated rings. The summed E-state index contributed by atoms with van der Waals surface area (Å²) in [7, 11) is -3.05. The molecule has 1 aliphatic heterocycles. The number of aromatic amines is 1. The van der Waals surface area contributed by atoms with Gasteiger partial charge >= 0.3 is 0 Å². The molecule has 0 spiro atoms. The van der Waals surface area contributed by atoms with Crippen LogP contribution in [0.2, 0.25) is 0 Å². The Bertz CT molecular complexity index is 865. The minimum Gasteiger partial charge on any atom is -0.331 e. The Morgan fingerprint density at radius 3 is 2.80 bits per heavy atom. The van der Waals surface area contributed by atoms with Gasteiger partial charge in [0.15, 0.2) is 14.6 Å². The Kier molecular flexibility index (Phi) is 2.91. The minimum atomic E-state index is -3.05. The largest absolute Gasteiger partial charge is 0.331 e. The number of nitro groups is 1. The van der Waals surface area contributed by atoms with Crippen LogP contribution in [0.25, 0.3) is 11.0 Å². The van der Waals surface area contributed by atoms with E-state index in [0.717, 1.165) is 0 Å². The van der Waals surface area contributed by atoms with E-state index in [0.29, 0.717) is 22.2 Å². The van der Waals surface area contributed by atoms with E-state index in [9.17, 15) is 18.5 Å². The quantitative estimate of drug-likeness (QED) is 0.519. The second kappa shape index (κ2) is 4.38. The number of nitro benzene ring substituents is 1. The molecule has 9 heteroatoms. The first-order chi connectivity index (χ1) is 9.37. The summed E-state index contributed by atoms with van der Waals surface area (Å²) in [6, 6.07) is 4.14. The molecule has 1 aliphatic rings. The Morgan fingerprint density at radius 2 is 2.20 bits per heavy atom. The molecular formula is C11H11N3O4S2. The summed E-state index contributed by atoms with van der Waals surface area (Å²) >= 11 is 5.22. The van der Waals surface area contributed by atoms with Gasteiger partial charge in [0, 0.05) is 12.1 Å². The highest BCUT2D eigenvalue weighted by molar-refractivity contribution is 7.91. The first-order valence-electron chi connectivity index (χ1n) is 5.96. The van der Waals surface area contributed by atoms with Crippen molar-refractivity contribution >= 4 is 38.8 Å². The molecule has 20 heavy (non-hydrogen) atoms. The lowest BCUT2D eigenvalue weighted by atomic mass is 10.2. The van der Waals surface area contributed by atoms with E-state index >= 15 is 0 Å². The third kappa shape index (κ3) is 2.12. The van der Waals surface area contributed by atoms with Gasteiger partial charge in [-0.2, -0.15) is 0 Å². The molecule has 0 bridgehead atoms. The smallest absolute Gasteiger partial charge is 0.271 e. The highest BCUT2D eigenvalue weighted by Crippen LogP contribution is 2.29. The Hall–Kier alpha value is -1.74. The lowest BCUT2D eigenvalue weighted by Crippen LogP contribution is -2.11. The zero-order valence-electron chi connectivity index (χ0n) is 10.3. The van der Waals surface area contributed by atoms with Crippen LogP contribution in [0.1, 0.15) is 12.5 Å². The number of aromatic nitrogens is 2. The number of hydrogen-bond acceptors (Lipinski definition) is 5. The van der Waals surface area contributed by atoms with Gasteiger partial charge in [-0.15, -0.1) is 0 Å². The summed E-state index contributed by atoms with van der Waals surface area (Å²) in [5.41, 5.74) is 1.21. The predicted molar refractivity (Wildman–Crippen MR) is 76.1 cm³/mol. The molecule has 1 N–H and O–H groups in total. The fourth-order valence-corrected chi connectivity index (χ4v) is 4.62. The van der Waals surface area contributed by atoms with Crippen molar-refractivity contribution in [3.8, 4) is 0 Å². The van der Waals surface area contributed by atoms with E-state index in [1.54, 1.807) is 10.6 Å². The van der Waals surface area contributed by atoms with Crippen LogP contribution in [-0.4, -0.2) is 34.4 Å². The van der Waals surface area contributed by atoms with Crippen LogP contribution in [0.4, 0.5) is 5.69 Å². The molecule has 1 saturated heterocycles. The topological polar surface area (TPSA) is 98.0 Å². The van der Waals surface area contributed by atoms with Gasteiger partial charge < -0.3 is 9.55 Å². The van der Waals surface area contributed by atoms with Crippen molar-refractivity contribution in [3.05, 3.63) is 33.1 Å². The van der Waals surface area contributed by atoms with Gasteiger partial charge in [0.05, 0.1) is 33.5 Å². The highest BCUT2D eigenvalue weighted by Gasteiger charge is 2.30. The monoisotopic (exact) mass is 313 g/mol. The van der Waals surface area contributed by atoms with E-state index in [1.807, 2.05) is 0 Å². The van der Waals surface area contributed by atoms with Crippen LogP contribution in [0.15, 0.2) is 18.2 Å². The number of benzene rings is 1. The SMILES string of the molecule is O=[N+]([O-])c1ccc2[nH]c(=S)n([C@H]3CCS(=O)(=O)C3)c2c1. The van der Waals surface area contributed by atoms with Gasteiger partial charge in [-0.3, -0.25) is 10.1 Å². The molecule has 0 aliphatic carbocycles. The van der Waals surface area contributed by atoms with Crippen LogP contribution < -0.4 is 0 Å². The molecule has 2 heterocycles. The van der Waals surface area contributed by atoms with Crippen LogP contribution in [0, 0.1) is 14.9 Å². The zero-order chi connectivity index (χ0) is 14.5. The first kappa shape index (κ1) is 13.3. The summed E-state index contributed by atoms with van der Waals surface area (Å²) in [4.78, 5) is 13.3. The number of H-pyrrole nitrogens is 1. The van der Waals surface area contributed by atoms with E-state index in [1.165, 1.54) is 12.1 Å². The summed E-state index contributed by atoms with van der Waals surface area (Å²) < 4.78 is 25.3. The molecule has 0 unspecified atom stereocenters. The van der Waals surface area contributed by atoms with E-state index in [2.05, 4.69) is 4.98 Å². The van der Waals surface area contributed by atoms with Gasteiger partial charge in [-0.1, -0.05) is 0 Å². The number of fused-ring (bicyclic) bond motifs is 1. The van der Waals surface area contributed by atoms with Gasteiger partial charge in [0.1, 0.15) is 0 Å². The molecular weight excluding hydrogens is 302 g/mol. The van der Waals surface area contributed by atoms with E-state index in [-0.39, 0.29) is 23.2 Å². The molecule has 1 aromatic heterocycles. The van der Waals surface area contributed by atoms with Crippen molar-refractivity contribution in [2.24, 2.45) is 0 Å². The van der Waals surface area contributed by atoms with Gasteiger partial charge in [-0.05, 0) is 24.7 Å². The predicted octanol–water partition coefficient (Wildman–Crippen LogP) is 1.97. The van der Waals surface area contributed by atoms with Crippen molar-refractivity contribution in [2.45, 2.75) is 12.5 Å². The van der Waals surface area contributed by atoms with Crippen molar-refractivity contribution in [3.63, 3.8) is 0 Å². The second-order valence-electron chi connectivity index (χ2n) is 4.82. The normalized spacial score (nSPS) is 21.3.